The molecule has 114 valence electrons. The zero-order chi connectivity index (χ0) is 15.5. The first-order valence-corrected chi connectivity index (χ1v) is 7.04. The van der Waals surface area contributed by atoms with Gasteiger partial charge in [-0.1, -0.05) is 11.2 Å². The van der Waals surface area contributed by atoms with Crippen LogP contribution in [0.25, 0.3) is 5.69 Å². The third-order valence-corrected chi connectivity index (χ3v) is 3.48. The van der Waals surface area contributed by atoms with Gasteiger partial charge in [-0.2, -0.15) is 0 Å². The zero-order valence-corrected chi connectivity index (χ0v) is 12.1. The Morgan fingerprint density at radius 2 is 2.23 bits per heavy atom. The molecule has 0 aliphatic carbocycles. The van der Waals surface area contributed by atoms with Crippen molar-refractivity contribution in [2.24, 2.45) is 5.16 Å². The Morgan fingerprint density at radius 3 is 2.91 bits per heavy atom. The second-order valence-corrected chi connectivity index (χ2v) is 5.16. The third kappa shape index (κ3) is 3.00. The predicted molar refractivity (Wildman–Crippen MR) is 80.4 cm³/mol. The topological polar surface area (TPSA) is 55.6 Å². The Morgan fingerprint density at radius 1 is 1.45 bits per heavy atom. The first-order valence-electron chi connectivity index (χ1n) is 7.04. The lowest BCUT2D eigenvalue weighted by Crippen LogP contribution is -2.30. The molecule has 6 heteroatoms. The molecule has 0 radical (unpaired) electrons. The maximum atomic E-state index is 14.2. The van der Waals surface area contributed by atoms with Crippen LogP contribution in [0.5, 0.6) is 0 Å². The van der Waals surface area contributed by atoms with E-state index in [0.717, 1.165) is 0 Å². The van der Waals surface area contributed by atoms with E-state index in [0.29, 0.717) is 29.9 Å². The second-order valence-electron chi connectivity index (χ2n) is 5.16. The van der Waals surface area contributed by atoms with Crippen molar-refractivity contribution in [3.63, 3.8) is 0 Å². The number of amides is 1. The Hall–Kier alpha value is -2.63. The molecule has 0 saturated carbocycles. The number of aromatic nitrogens is 1. The van der Waals surface area contributed by atoms with Crippen molar-refractivity contribution in [1.82, 2.24) is 9.88 Å². The average Bonchev–Trinajstić information content (AvgIpc) is 3.16. The Kier molecular flexibility index (Phi) is 3.91. The lowest BCUT2D eigenvalue weighted by molar-refractivity contribution is -0.119. The van der Waals surface area contributed by atoms with Crippen molar-refractivity contribution in [3.05, 3.63) is 54.1 Å². The molecule has 1 aromatic carbocycles. The SMILES string of the molecule is CC(=O)NCC1CC(c2ccc(-n3cccc3)c(F)c2)=NO1. The van der Waals surface area contributed by atoms with Crippen LogP contribution in [-0.2, 0) is 9.63 Å². The summed E-state index contributed by atoms with van der Waals surface area (Å²) >= 11 is 0. The predicted octanol–water partition coefficient (Wildman–Crippen LogP) is 2.25. The van der Waals surface area contributed by atoms with Crippen molar-refractivity contribution in [3.8, 4) is 5.69 Å². The van der Waals surface area contributed by atoms with Crippen LogP contribution in [0.15, 0.2) is 47.9 Å². The molecule has 22 heavy (non-hydrogen) atoms. The molecule has 1 N–H and O–H groups in total. The number of nitrogens with zero attached hydrogens (tertiary/aromatic N) is 2. The average molecular weight is 301 g/mol. The number of hydrogen-bond acceptors (Lipinski definition) is 3. The van der Waals surface area contributed by atoms with Gasteiger partial charge in [-0.3, -0.25) is 4.79 Å². The summed E-state index contributed by atoms with van der Waals surface area (Å²) in [5.41, 5.74) is 1.87. The molecule has 1 aliphatic rings. The number of benzene rings is 1. The minimum atomic E-state index is -0.318. The number of halogens is 1. The molecular weight excluding hydrogens is 285 g/mol. The standard InChI is InChI=1S/C16H16FN3O2/c1-11(21)18-10-13-9-15(19-22-13)12-4-5-16(14(17)8-12)20-6-2-3-7-20/h2-8,13H,9-10H2,1H3,(H,18,21). The van der Waals surface area contributed by atoms with E-state index < -0.39 is 0 Å². The first-order chi connectivity index (χ1) is 10.6. The van der Waals surface area contributed by atoms with Crippen LogP contribution in [0.3, 0.4) is 0 Å². The van der Waals surface area contributed by atoms with Crippen molar-refractivity contribution >= 4 is 11.6 Å². The van der Waals surface area contributed by atoms with E-state index in [1.807, 2.05) is 18.2 Å². The van der Waals surface area contributed by atoms with E-state index >= 15 is 0 Å². The minimum absolute atomic E-state index is 0.112. The molecule has 3 rings (SSSR count). The van der Waals surface area contributed by atoms with E-state index in [4.69, 9.17) is 4.84 Å². The highest BCUT2D eigenvalue weighted by molar-refractivity contribution is 6.01. The Bertz CT molecular complexity index is 710. The summed E-state index contributed by atoms with van der Waals surface area (Å²) in [7, 11) is 0. The molecule has 1 aromatic heterocycles. The molecule has 0 fully saturated rings. The van der Waals surface area contributed by atoms with Gasteiger partial charge in [0.2, 0.25) is 5.91 Å². The van der Waals surface area contributed by atoms with Crippen LogP contribution in [0.1, 0.15) is 18.9 Å². The van der Waals surface area contributed by atoms with Gasteiger partial charge in [0.05, 0.1) is 17.9 Å². The van der Waals surface area contributed by atoms with E-state index in [-0.39, 0.29) is 17.8 Å². The highest BCUT2D eigenvalue weighted by atomic mass is 19.1. The fourth-order valence-corrected chi connectivity index (χ4v) is 2.36. The summed E-state index contributed by atoms with van der Waals surface area (Å²) in [6.45, 7) is 1.85. The fourth-order valence-electron chi connectivity index (χ4n) is 2.36. The van der Waals surface area contributed by atoms with Crippen LogP contribution in [-0.4, -0.2) is 28.8 Å². The summed E-state index contributed by atoms with van der Waals surface area (Å²) in [5, 5.41) is 6.67. The second kappa shape index (κ2) is 6.01. The number of carbonyl (C=O) groups excluding carboxylic acids is 1. The molecule has 0 spiro atoms. The molecule has 1 unspecified atom stereocenters. The summed E-state index contributed by atoms with van der Waals surface area (Å²) in [6, 6.07) is 8.68. The number of oxime groups is 1. The molecule has 0 bridgehead atoms. The van der Waals surface area contributed by atoms with Crippen LogP contribution in [0, 0.1) is 5.82 Å². The summed E-state index contributed by atoms with van der Waals surface area (Å²) in [4.78, 5) is 16.1. The Labute approximate surface area is 127 Å². The number of rotatable bonds is 4. The minimum Gasteiger partial charge on any atom is -0.390 e. The third-order valence-electron chi connectivity index (χ3n) is 3.48. The maximum Gasteiger partial charge on any atom is 0.217 e. The molecule has 0 saturated heterocycles. The van der Waals surface area contributed by atoms with Gasteiger partial charge in [0, 0.05) is 31.3 Å². The van der Waals surface area contributed by atoms with Crippen LogP contribution in [0.4, 0.5) is 4.39 Å². The van der Waals surface area contributed by atoms with Crippen molar-refractivity contribution < 1.29 is 14.0 Å². The lowest BCUT2D eigenvalue weighted by atomic mass is 10.0. The van der Waals surface area contributed by atoms with Gasteiger partial charge in [-0.25, -0.2) is 4.39 Å². The summed E-state index contributed by atoms with van der Waals surface area (Å²) in [6.07, 6.45) is 3.92. The first kappa shape index (κ1) is 14.3. The molecule has 5 nitrogen and oxygen atoms in total. The van der Waals surface area contributed by atoms with E-state index in [1.54, 1.807) is 23.0 Å². The molecule has 1 atom stereocenters. The smallest absolute Gasteiger partial charge is 0.217 e. The maximum absolute atomic E-state index is 14.2. The lowest BCUT2D eigenvalue weighted by Gasteiger charge is -2.08. The number of nitrogens with one attached hydrogen (secondary N) is 1. The van der Waals surface area contributed by atoms with E-state index in [9.17, 15) is 9.18 Å². The van der Waals surface area contributed by atoms with Gasteiger partial charge in [0.25, 0.3) is 0 Å². The molecule has 1 amide bonds. The number of hydrogen-bond donors (Lipinski definition) is 1. The van der Waals surface area contributed by atoms with E-state index in [2.05, 4.69) is 10.5 Å². The summed E-state index contributed by atoms with van der Waals surface area (Å²) in [5.74, 6) is -0.430. The zero-order valence-electron chi connectivity index (χ0n) is 12.1. The van der Waals surface area contributed by atoms with Crippen molar-refractivity contribution in [1.29, 1.82) is 0 Å². The van der Waals surface area contributed by atoms with Crippen molar-refractivity contribution in [2.45, 2.75) is 19.4 Å². The summed E-state index contributed by atoms with van der Waals surface area (Å²) < 4.78 is 16.0. The molecule has 1 aliphatic heterocycles. The molecule has 2 aromatic rings. The van der Waals surface area contributed by atoms with Crippen LogP contribution < -0.4 is 5.32 Å². The largest absolute Gasteiger partial charge is 0.390 e. The van der Waals surface area contributed by atoms with Gasteiger partial charge in [0.1, 0.15) is 11.9 Å². The number of carbonyl (C=O) groups is 1. The normalized spacial score (nSPS) is 17.0. The fraction of sp³-hybridized carbons (Fsp3) is 0.250. The van der Waals surface area contributed by atoms with Gasteiger partial charge in [0.15, 0.2) is 0 Å². The van der Waals surface area contributed by atoms with Crippen LogP contribution in [0.2, 0.25) is 0 Å². The van der Waals surface area contributed by atoms with Crippen molar-refractivity contribution in [2.75, 3.05) is 6.54 Å². The Balaban J connectivity index is 1.71. The van der Waals surface area contributed by atoms with Gasteiger partial charge >= 0.3 is 0 Å². The monoisotopic (exact) mass is 301 g/mol. The van der Waals surface area contributed by atoms with Crippen LogP contribution >= 0.6 is 0 Å². The molecular formula is C16H16FN3O2. The van der Waals surface area contributed by atoms with Gasteiger partial charge < -0.3 is 14.7 Å². The van der Waals surface area contributed by atoms with Gasteiger partial charge in [-0.05, 0) is 24.3 Å². The highest BCUT2D eigenvalue weighted by Crippen LogP contribution is 2.20. The highest BCUT2D eigenvalue weighted by Gasteiger charge is 2.23. The molecule has 2 heterocycles. The quantitative estimate of drug-likeness (QED) is 0.941. The van der Waals surface area contributed by atoms with E-state index in [1.165, 1.54) is 13.0 Å². The van der Waals surface area contributed by atoms with Gasteiger partial charge in [-0.15, -0.1) is 0 Å².